The average molecular weight is 275 g/mol. The van der Waals surface area contributed by atoms with Crippen molar-refractivity contribution in [1.29, 1.82) is 0 Å². The summed E-state index contributed by atoms with van der Waals surface area (Å²) in [5, 5.41) is 2.36. The number of nitrogens with two attached hydrogens (primary N) is 1. The smallest absolute Gasteiger partial charge is 0.249 e. The summed E-state index contributed by atoms with van der Waals surface area (Å²) in [6.07, 6.45) is 0.847. The molecule has 6 heteroatoms. The standard InChI is InChI=1S/C13H13N3O2S/c14-8-3-1-2-7-6-16(13(19)11(7)8)9-4-5-10(17)15-12(9)18/h1-3,9H,4-6,14H2,(H,15,17,18)/t9-/m0/s1. The van der Waals surface area contributed by atoms with E-state index in [-0.39, 0.29) is 17.9 Å². The molecule has 5 nitrogen and oxygen atoms in total. The zero-order chi connectivity index (χ0) is 13.6. The van der Waals surface area contributed by atoms with E-state index in [0.29, 0.717) is 30.1 Å². The molecule has 2 aliphatic rings. The van der Waals surface area contributed by atoms with Crippen molar-refractivity contribution in [2.75, 3.05) is 5.73 Å². The van der Waals surface area contributed by atoms with E-state index < -0.39 is 0 Å². The third-order valence-corrected chi connectivity index (χ3v) is 4.02. The Kier molecular flexibility index (Phi) is 2.74. The van der Waals surface area contributed by atoms with E-state index in [4.69, 9.17) is 18.0 Å². The number of nitrogens with one attached hydrogen (secondary N) is 1. The molecule has 98 valence electrons. The van der Waals surface area contributed by atoms with Gasteiger partial charge in [0.15, 0.2) is 0 Å². The molecule has 1 saturated heterocycles. The fourth-order valence-electron chi connectivity index (χ4n) is 2.64. The molecule has 19 heavy (non-hydrogen) atoms. The summed E-state index contributed by atoms with van der Waals surface area (Å²) < 4.78 is 0. The van der Waals surface area contributed by atoms with Crippen molar-refractivity contribution in [2.45, 2.75) is 25.4 Å². The zero-order valence-corrected chi connectivity index (χ0v) is 11.0. The van der Waals surface area contributed by atoms with Crippen LogP contribution in [0.5, 0.6) is 0 Å². The fraction of sp³-hybridized carbons (Fsp3) is 0.308. The lowest BCUT2D eigenvalue weighted by Gasteiger charge is -2.30. The van der Waals surface area contributed by atoms with Crippen LogP contribution in [0.4, 0.5) is 5.69 Å². The lowest BCUT2D eigenvalue weighted by atomic mass is 10.0. The molecule has 0 unspecified atom stereocenters. The van der Waals surface area contributed by atoms with Crippen molar-refractivity contribution in [3.8, 4) is 0 Å². The minimum Gasteiger partial charge on any atom is -0.398 e. The van der Waals surface area contributed by atoms with Crippen molar-refractivity contribution < 1.29 is 9.59 Å². The molecule has 1 aromatic rings. The van der Waals surface area contributed by atoms with E-state index in [1.54, 1.807) is 6.07 Å². The number of thiocarbonyl (C=S) groups is 1. The Balaban J connectivity index is 1.90. The number of nitrogens with zero attached hydrogens (tertiary/aromatic N) is 1. The van der Waals surface area contributed by atoms with Crippen LogP contribution in [0, 0.1) is 0 Å². The minimum absolute atomic E-state index is 0.219. The molecule has 1 aromatic carbocycles. The largest absolute Gasteiger partial charge is 0.398 e. The molecule has 1 atom stereocenters. The molecule has 0 saturated carbocycles. The summed E-state index contributed by atoms with van der Waals surface area (Å²) in [4.78, 5) is 25.6. The molecule has 1 fully saturated rings. The average Bonchev–Trinajstić information content (AvgIpc) is 2.68. The van der Waals surface area contributed by atoms with Crippen LogP contribution in [-0.2, 0) is 16.1 Å². The summed E-state index contributed by atoms with van der Waals surface area (Å²) >= 11 is 5.43. The number of hydrogen-bond donors (Lipinski definition) is 2. The predicted octanol–water partition coefficient (Wildman–Crippen LogP) is 0.565. The van der Waals surface area contributed by atoms with Gasteiger partial charge in [0.05, 0.1) is 0 Å². The van der Waals surface area contributed by atoms with Gasteiger partial charge in [0.1, 0.15) is 11.0 Å². The van der Waals surface area contributed by atoms with E-state index in [2.05, 4.69) is 5.32 Å². The highest BCUT2D eigenvalue weighted by Crippen LogP contribution is 2.31. The number of imide groups is 1. The third kappa shape index (κ3) is 1.88. The summed E-state index contributed by atoms with van der Waals surface area (Å²) in [5.41, 5.74) is 8.46. The summed E-state index contributed by atoms with van der Waals surface area (Å²) in [7, 11) is 0. The van der Waals surface area contributed by atoms with Crippen LogP contribution in [0.3, 0.4) is 0 Å². The molecule has 0 aliphatic carbocycles. The van der Waals surface area contributed by atoms with Crippen molar-refractivity contribution in [3.63, 3.8) is 0 Å². The summed E-state index contributed by atoms with van der Waals surface area (Å²) in [5.74, 6) is -0.492. The Morgan fingerprint density at radius 1 is 1.37 bits per heavy atom. The number of carbonyl (C=O) groups excluding carboxylic acids is 2. The quantitative estimate of drug-likeness (QED) is 0.445. The van der Waals surface area contributed by atoms with Gasteiger partial charge in [0, 0.05) is 24.2 Å². The molecule has 2 heterocycles. The van der Waals surface area contributed by atoms with Crippen LogP contribution < -0.4 is 11.1 Å². The Bertz CT molecular complexity index is 600. The van der Waals surface area contributed by atoms with Crippen LogP contribution in [0.25, 0.3) is 0 Å². The predicted molar refractivity (Wildman–Crippen MR) is 74.3 cm³/mol. The zero-order valence-electron chi connectivity index (χ0n) is 10.2. The first-order valence-corrected chi connectivity index (χ1v) is 6.51. The number of piperidine rings is 1. The molecular formula is C13H13N3O2S. The molecule has 0 spiro atoms. The topological polar surface area (TPSA) is 75.4 Å². The second-order valence-corrected chi connectivity index (χ2v) is 5.17. The molecule has 0 bridgehead atoms. The van der Waals surface area contributed by atoms with Gasteiger partial charge in [-0.25, -0.2) is 0 Å². The van der Waals surface area contributed by atoms with Gasteiger partial charge in [0.2, 0.25) is 11.8 Å². The highest BCUT2D eigenvalue weighted by atomic mass is 32.1. The van der Waals surface area contributed by atoms with Gasteiger partial charge in [-0.3, -0.25) is 14.9 Å². The first-order valence-electron chi connectivity index (χ1n) is 6.10. The molecular weight excluding hydrogens is 262 g/mol. The molecule has 0 radical (unpaired) electrons. The lowest BCUT2D eigenvalue weighted by Crippen LogP contribution is -2.52. The number of benzene rings is 1. The van der Waals surface area contributed by atoms with E-state index in [9.17, 15) is 9.59 Å². The second kappa shape index (κ2) is 4.31. The van der Waals surface area contributed by atoms with Gasteiger partial charge >= 0.3 is 0 Å². The number of anilines is 1. The molecule has 3 N–H and O–H groups in total. The monoisotopic (exact) mass is 275 g/mol. The van der Waals surface area contributed by atoms with Crippen molar-refractivity contribution in [2.24, 2.45) is 0 Å². The first kappa shape index (κ1) is 12.1. The number of amides is 2. The maximum Gasteiger partial charge on any atom is 0.249 e. The van der Waals surface area contributed by atoms with Gasteiger partial charge in [-0.1, -0.05) is 24.4 Å². The van der Waals surface area contributed by atoms with Gasteiger partial charge in [-0.2, -0.15) is 0 Å². The fourth-order valence-corrected chi connectivity index (χ4v) is 3.08. The molecule has 3 rings (SSSR count). The molecule has 0 aromatic heterocycles. The van der Waals surface area contributed by atoms with Crippen LogP contribution >= 0.6 is 12.2 Å². The van der Waals surface area contributed by atoms with Crippen LogP contribution in [0.2, 0.25) is 0 Å². The van der Waals surface area contributed by atoms with Crippen molar-refractivity contribution in [1.82, 2.24) is 10.2 Å². The minimum atomic E-state index is -0.378. The third-order valence-electron chi connectivity index (χ3n) is 3.58. The van der Waals surface area contributed by atoms with Gasteiger partial charge in [0.25, 0.3) is 0 Å². The number of rotatable bonds is 1. The SMILES string of the molecule is Nc1cccc2c1C(=S)N([C@H]1CCC(=O)NC1=O)C2. The molecule has 2 aliphatic heterocycles. The van der Waals surface area contributed by atoms with Crippen LogP contribution in [0.15, 0.2) is 18.2 Å². The number of nitrogen functional groups attached to an aromatic ring is 1. The highest BCUT2D eigenvalue weighted by molar-refractivity contribution is 7.80. The Labute approximate surface area is 115 Å². The lowest BCUT2D eigenvalue weighted by molar-refractivity contribution is -0.136. The van der Waals surface area contributed by atoms with Crippen molar-refractivity contribution in [3.05, 3.63) is 29.3 Å². The Morgan fingerprint density at radius 2 is 2.16 bits per heavy atom. The number of carbonyl (C=O) groups is 2. The van der Waals surface area contributed by atoms with E-state index in [1.807, 2.05) is 17.0 Å². The van der Waals surface area contributed by atoms with E-state index in [0.717, 1.165) is 11.1 Å². The summed E-state index contributed by atoms with van der Waals surface area (Å²) in [6, 6.07) is 5.27. The second-order valence-electron chi connectivity index (χ2n) is 4.78. The van der Waals surface area contributed by atoms with E-state index >= 15 is 0 Å². The highest BCUT2D eigenvalue weighted by Gasteiger charge is 2.37. The first-order chi connectivity index (χ1) is 9.08. The van der Waals surface area contributed by atoms with Crippen molar-refractivity contribution >= 4 is 34.7 Å². The normalized spacial score (nSPS) is 22.4. The van der Waals surface area contributed by atoms with Gasteiger partial charge in [-0.15, -0.1) is 0 Å². The van der Waals surface area contributed by atoms with Gasteiger partial charge in [-0.05, 0) is 18.1 Å². The Hall–Kier alpha value is -1.95. The van der Waals surface area contributed by atoms with Gasteiger partial charge < -0.3 is 10.6 Å². The maximum absolute atomic E-state index is 11.9. The maximum atomic E-state index is 11.9. The number of fused-ring (bicyclic) bond motifs is 1. The molecule has 2 amide bonds. The van der Waals surface area contributed by atoms with Crippen LogP contribution in [-0.4, -0.2) is 27.7 Å². The van der Waals surface area contributed by atoms with Crippen LogP contribution in [0.1, 0.15) is 24.0 Å². The Morgan fingerprint density at radius 3 is 2.84 bits per heavy atom. The number of hydrogen-bond acceptors (Lipinski definition) is 4. The van der Waals surface area contributed by atoms with E-state index in [1.165, 1.54) is 0 Å². The summed E-state index contributed by atoms with van der Waals surface area (Å²) in [6.45, 7) is 0.575.